The lowest BCUT2D eigenvalue weighted by atomic mass is 9.90. The van der Waals surface area contributed by atoms with Gasteiger partial charge in [-0.05, 0) is 41.8 Å². The minimum atomic E-state index is -1.22. The van der Waals surface area contributed by atoms with Crippen molar-refractivity contribution in [1.82, 2.24) is 15.5 Å². The Balaban J connectivity index is 1.51. The molecule has 1 aliphatic rings. The van der Waals surface area contributed by atoms with Gasteiger partial charge >= 0.3 is 6.03 Å². The van der Waals surface area contributed by atoms with Crippen molar-refractivity contribution >= 4 is 28.6 Å². The lowest BCUT2D eigenvalue weighted by molar-refractivity contribution is -0.135. The smallest absolute Gasteiger partial charge is 0.325 e. The molecule has 4 rings (SSSR count). The summed E-state index contributed by atoms with van der Waals surface area (Å²) in [5.74, 6) is -0.831. The molecule has 1 aliphatic heterocycles. The van der Waals surface area contributed by atoms with E-state index in [0.29, 0.717) is 5.56 Å². The zero-order valence-electron chi connectivity index (χ0n) is 16.9. The number of fused-ring (bicyclic) bond motifs is 1. The maximum atomic E-state index is 13.1. The van der Waals surface area contributed by atoms with Gasteiger partial charge in [0, 0.05) is 0 Å². The number of benzene rings is 3. The van der Waals surface area contributed by atoms with E-state index in [-0.39, 0.29) is 12.6 Å². The second-order valence-corrected chi connectivity index (χ2v) is 7.71. The van der Waals surface area contributed by atoms with Crippen molar-refractivity contribution < 1.29 is 14.4 Å². The van der Waals surface area contributed by atoms with Crippen molar-refractivity contribution in [3.8, 4) is 0 Å². The molecule has 4 amide bonds. The van der Waals surface area contributed by atoms with Crippen molar-refractivity contribution in [3.63, 3.8) is 0 Å². The standard InChI is InChI=1S/C24H23N3O3/c1-16(17-8-4-3-5-9-17)25-21(28)15-27-22(29)24(2,26-23(27)30)20-13-12-18-10-6-7-11-19(18)14-20/h3-14,16H,15H2,1-2H3,(H,25,28)(H,26,30). The Morgan fingerprint density at radius 1 is 1.00 bits per heavy atom. The van der Waals surface area contributed by atoms with Gasteiger partial charge in [0.25, 0.3) is 5.91 Å². The van der Waals surface area contributed by atoms with Crippen molar-refractivity contribution in [1.29, 1.82) is 0 Å². The first-order chi connectivity index (χ1) is 14.4. The van der Waals surface area contributed by atoms with Crippen LogP contribution in [0.2, 0.25) is 0 Å². The number of carbonyl (C=O) groups is 3. The van der Waals surface area contributed by atoms with E-state index in [4.69, 9.17) is 0 Å². The Kier molecular flexibility index (Phi) is 4.99. The van der Waals surface area contributed by atoms with Gasteiger partial charge < -0.3 is 10.6 Å². The third-order valence-corrected chi connectivity index (χ3v) is 5.58. The molecule has 0 saturated carbocycles. The van der Waals surface area contributed by atoms with E-state index in [9.17, 15) is 14.4 Å². The number of rotatable bonds is 5. The number of carbonyl (C=O) groups excluding carboxylic acids is 3. The minimum absolute atomic E-state index is 0.230. The molecule has 6 nitrogen and oxygen atoms in total. The molecule has 2 atom stereocenters. The van der Waals surface area contributed by atoms with E-state index < -0.39 is 23.4 Å². The van der Waals surface area contributed by atoms with Crippen molar-refractivity contribution in [2.75, 3.05) is 6.54 Å². The summed E-state index contributed by atoms with van der Waals surface area (Å²) in [6, 6.07) is 22.2. The van der Waals surface area contributed by atoms with Gasteiger partial charge in [-0.25, -0.2) is 4.79 Å². The third kappa shape index (κ3) is 3.52. The van der Waals surface area contributed by atoms with Gasteiger partial charge in [0.05, 0.1) is 6.04 Å². The number of urea groups is 1. The van der Waals surface area contributed by atoms with Crippen molar-refractivity contribution in [2.45, 2.75) is 25.4 Å². The van der Waals surface area contributed by atoms with Crippen LogP contribution in [0.15, 0.2) is 72.8 Å². The number of imide groups is 1. The molecule has 1 fully saturated rings. The Bertz CT molecular complexity index is 1130. The average Bonchev–Trinajstić information content (AvgIpc) is 2.98. The molecule has 3 aromatic carbocycles. The monoisotopic (exact) mass is 401 g/mol. The summed E-state index contributed by atoms with van der Waals surface area (Å²) in [5.41, 5.74) is 0.413. The topological polar surface area (TPSA) is 78.5 Å². The number of hydrogen-bond donors (Lipinski definition) is 2. The molecule has 2 unspecified atom stereocenters. The van der Waals surface area contributed by atoms with E-state index in [1.54, 1.807) is 6.92 Å². The summed E-state index contributed by atoms with van der Waals surface area (Å²) in [6.07, 6.45) is 0. The van der Waals surface area contributed by atoms with Crippen LogP contribution in [0.4, 0.5) is 4.79 Å². The van der Waals surface area contributed by atoms with Crippen LogP contribution in [0.5, 0.6) is 0 Å². The highest BCUT2D eigenvalue weighted by Gasteiger charge is 2.49. The first kappa shape index (κ1) is 19.6. The second kappa shape index (κ2) is 7.63. The van der Waals surface area contributed by atoms with Crippen LogP contribution in [0, 0.1) is 0 Å². The molecule has 6 heteroatoms. The Labute approximate surface area is 174 Å². The molecular formula is C24H23N3O3. The summed E-state index contributed by atoms with van der Waals surface area (Å²) in [5, 5.41) is 7.63. The molecule has 0 aromatic heterocycles. The summed E-state index contributed by atoms with van der Waals surface area (Å²) in [4.78, 5) is 39.2. The van der Waals surface area contributed by atoms with Crippen LogP contribution in [0.3, 0.4) is 0 Å². The highest BCUT2D eigenvalue weighted by Crippen LogP contribution is 2.31. The van der Waals surface area contributed by atoms with Gasteiger partial charge in [-0.3, -0.25) is 14.5 Å². The lowest BCUT2D eigenvalue weighted by Gasteiger charge is -2.23. The average molecular weight is 401 g/mol. The van der Waals surface area contributed by atoms with Gasteiger partial charge in [-0.2, -0.15) is 0 Å². The molecule has 0 bridgehead atoms. The van der Waals surface area contributed by atoms with Crippen LogP contribution in [0.25, 0.3) is 10.8 Å². The lowest BCUT2D eigenvalue weighted by Crippen LogP contribution is -2.43. The largest absolute Gasteiger partial charge is 0.348 e. The van der Waals surface area contributed by atoms with Gasteiger partial charge in [-0.1, -0.05) is 66.7 Å². The predicted molar refractivity (Wildman–Crippen MR) is 115 cm³/mol. The van der Waals surface area contributed by atoms with Crippen LogP contribution in [-0.2, 0) is 15.1 Å². The maximum Gasteiger partial charge on any atom is 0.325 e. The van der Waals surface area contributed by atoms with Crippen LogP contribution in [0.1, 0.15) is 31.0 Å². The SMILES string of the molecule is CC(NC(=O)CN1C(=O)NC(C)(c2ccc3ccccc3c2)C1=O)c1ccccc1. The zero-order valence-corrected chi connectivity index (χ0v) is 16.9. The fourth-order valence-corrected chi connectivity index (χ4v) is 3.79. The molecule has 0 radical (unpaired) electrons. The van der Waals surface area contributed by atoms with Crippen molar-refractivity contribution in [2.24, 2.45) is 0 Å². The van der Waals surface area contributed by atoms with Crippen LogP contribution in [-0.4, -0.2) is 29.3 Å². The number of hydrogen-bond acceptors (Lipinski definition) is 3. The Hall–Kier alpha value is -3.67. The first-order valence-electron chi connectivity index (χ1n) is 9.86. The third-order valence-electron chi connectivity index (χ3n) is 5.58. The van der Waals surface area contributed by atoms with E-state index in [1.165, 1.54) is 0 Å². The molecule has 1 heterocycles. The summed E-state index contributed by atoms with van der Waals surface area (Å²) < 4.78 is 0. The van der Waals surface area contributed by atoms with Crippen molar-refractivity contribution in [3.05, 3.63) is 83.9 Å². The van der Waals surface area contributed by atoms with E-state index in [2.05, 4.69) is 10.6 Å². The Morgan fingerprint density at radius 2 is 1.67 bits per heavy atom. The van der Waals surface area contributed by atoms with Gasteiger partial charge in [0.1, 0.15) is 12.1 Å². The van der Waals surface area contributed by atoms with Gasteiger partial charge in [0.2, 0.25) is 5.91 Å². The van der Waals surface area contributed by atoms with Crippen LogP contribution < -0.4 is 10.6 Å². The summed E-state index contributed by atoms with van der Waals surface area (Å²) >= 11 is 0. The fourth-order valence-electron chi connectivity index (χ4n) is 3.79. The first-order valence-corrected chi connectivity index (χ1v) is 9.86. The molecule has 0 spiro atoms. The van der Waals surface area contributed by atoms with E-state index >= 15 is 0 Å². The highest BCUT2D eigenvalue weighted by atomic mass is 16.2. The fraction of sp³-hybridized carbons (Fsp3) is 0.208. The molecule has 152 valence electrons. The van der Waals surface area contributed by atoms with E-state index in [1.807, 2.05) is 79.7 Å². The van der Waals surface area contributed by atoms with Gasteiger partial charge in [0.15, 0.2) is 0 Å². The normalized spacial score (nSPS) is 19.6. The van der Waals surface area contributed by atoms with Crippen LogP contribution >= 0.6 is 0 Å². The number of nitrogens with one attached hydrogen (secondary N) is 2. The van der Waals surface area contributed by atoms with Gasteiger partial charge in [-0.15, -0.1) is 0 Å². The Morgan fingerprint density at radius 3 is 2.40 bits per heavy atom. The summed E-state index contributed by atoms with van der Waals surface area (Å²) in [7, 11) is 0. The highest BCUT2D eigenvalue weighted by molar-refractivity contribution is 6.09. The minimum Gasteiger partial charge on any atom is -0.348 e. The maximum absolute atomic E-state index is 13.1. The van der Waals surface area contributed by atoms with E-state index in [0.717, 1.165) is 21.2 Å². The molecular weight excluding hydrogens is 378 g/mol. The molecule has 30 heavy (non-hydrogen) atoms. The zero-order chi connectivity index (χ0) is 21.3. The molecule has 0 aliphatic carbocycles. The quantitative estimate of drug-likeness (QED) is 0.643. The molecule has 3 aromatic rings. The molecule has 1 saturated heterocycles. The predicted octanol–water partition coefficient (Wildman–Crippen LogP) is 3.48. The molecule has 2 N–H and O–H groups in total. The summed E-state index contributed by atoms with van der Waals surface area (Å²) in [6.45, 7) is 3.20. The second-order valence-electron chi connectivity index (χ2n) is 7.71. The number of amides is 4. The number of nitrogens with zero attached hydrogens (tertiary/aromatic N) is 1.